The van der Waals surface area contributed by atoms with E-state index in [9.17, 15) is 9.59 Å². The summed E-state index contributed by atoms with van der Waals surface area (Å²) in [5.74, 6) is 1.89. The monoisotopic (exact) mass is 536 g/mol. The van der Waals surface area contributed by atoms with Gasteiger partial charge < -0.3 is 24.0 Å². The number of para-hydroxylation sites is 2. The van der Waals surface area contributed by atoms with Crippen LogP contribution >= 0.6 is 11.3 Å². The summed E-state index contributed by atoms with van der Waals surface area (Å²) in [7, 11) is 3.19. The molecule has 2 heterocycles. The Balaban J connectivity index is 1.56. The van der Waals surface area contributed by atoms with Gasteiger partial charge >= 0.3 is 0 Å². The maximum atomic E-state index is 13.8. The number of hydrogen-bond acceptors (Lipinski definition) is 6. The zero-order valence-corrected chi connectivity index (χ0v) is 23.3. The molecule has 2 atom stereocenters. The van der Waals surface area contributed by atoms with Gasteiger partial charge in [-0.15, -0.1) is 11.3 Å². The Hall–Kier alpha value is -3.52. The SMILES string of the molecule is CCC(C)CN(CC(=O)N1CCc2sccc2C1COc1ccccc1OC)C(=O)c1cccc(OC)c1. The van der Waals surface area contributed by atoms with Gasteiger partial charge in [0.1, 0.15) is 18.9 Å². The molecule has 2 aromatic carbocycles. The molecule has 0 fully saturated rings. The first-order chi connectivity index (χ1) is 18.4. The number of hydrogen-bond donors (Lipinski definition) is 0. The van der Waals surface area contributed by atoms with E-state index in [0.29, 0.717) is 42.5 Å². The Morgan fingerprint density at radius 1 is 1.08 bits per heavy atom. The van der Waals surface area contributed by atoms with Crippen molar-refractivity contribution in [1.29, 1.82) is 0 Å². The molecule has 1 aromatic heterocycles. The van der Waals surface area contributed by atoms with Gasteiger partial charge in [0.25, 0.3) is 5.91 Å². The van der Waals surface area contributed by atoms with E-state index in [1.165, 1.54) is 4.88 Å². The summed E-state index contributed by atoms with van der Waals surface area (Å²) in [5, 5.41) is 2.07. The van der Waals surface area contributed by atoms with Crippen molar-refractivity contribution < 1.29 is 23.8 Å². The minimum absolute atomic E-state index is 0.00497. The molecule has 7 nitrogen and oxygen atoms in total. The molecule has 38 heavy (non-hydrogen) atoms. The van der Waals surface area contributed by atoms with Gasteiger partial charge in [0.15, 0.2) is 11.5 Å². The van der Waals surface area contributed by atoms with Crippen LogP contribution in [0.4, 0.5) is 0 Å². The number of amides is 2. The molecular formula is C30H36N2O5S. The molecule has 0 N–H and O–H groups in total. The van der Waals surface area contributed by atoms with Crippen molar-refractivity contribution in [2.75, 3.05) is 40.5 Å². The maximum Gasteiger partial charge on any atom is 0.254 e. The summed E-state index contributed by atoms with van der Waals surface area (Å²) in [4.78, 5) is 32.2. The lowest BCUT2D eigenvalue weighted by Gasteiger charge is -2.37. The van der Waals surface area contributed by atoms with Crippen molar-refractivity contribution in [2.45, 2.75) is 32.7 Å². The highest BCUT2D eigenvalue weighted by atomic mass is 32.1. The second-order valence-corrected chi connectivity index (χ2v) is 10.5. The molecule has 0 spiro atoms. The lowest BCUT2D eigenvalue weighted by molar-refractivity contribution is -0.135. The number of fused-ring (bicyclic) bond motifs is 1. The third-order valence-electron chi connectivity index (χ3n) is 7.04. The summed E-state index contributed by atoms with van der Waals surface area (Å²) >= 11 is 1.71. The second-order valence-electron chi connectivity index (χ2n) is 9.54. The third kappa shape index (κ3) is 6.30. The zero-order chi connectivity index (χ0) is 27.1. The fourth-order valence-corrected chi connectivity index (χ4v) is 5.63. The highest BCUT2D eigenvalue weighted by Crippen LogP contribution is 2.35. The van der Waals surface area contributed by atoms with Crippen LogP contribution in [0.5, 0.6) is 17.2 Å². The van der Waals surface area contributed by atoms with Crippen LogP contribution in [0.2, 0.25) is 0 Å². The van der Waals surface area contributed by atoms with Crippen LogP contribution < -0.4 is 14.2 Å². The van der Waals surface area contributed by atoms with Crippen LogP contribution in [0, 0.1) is 5.92 Å². The minimum atomic E-state index is -0.250. The highest BCUT2D eigenvalue weighted by Gasteiger charge is 2.34. The molecule has 0 bridgehead atoms. The van der Waals surface area contributed by atoms with Gasteiger partial charge in [-0.2, -0.15) is 0 Å². The standard InChI is InChI=1S/C30H36N2O5S/c1-5-21(2)18-31(30(34)22-9-8-10-23(17-22)35-3)19-29(33)32-15-13-28-24(14-16-38-28)25(32)20-37-27-12-7-6-11-26(27)36-4/h6-12,14,16-17,21,25H,5,13,15,18-20H2,1-4H3. The van der Waals surface area contributed by atoms with Crippen LogP contribution in [-0.2, 0) is 11.2 Å². The second kappa shape index (κ2) is 12.8. The van der Waals surface area contributed by atoms with Crippen molar-refractivity contribution in [1.82, 2.24) is 9.80 Å². The van der Waals surface area contributed by atoms with Crippen molar-refractivity contribution in [3.05, 3.63) is 76.0 Å². The van der Waals surface area contributed by atoms with Gasteiger partial charge in [0, 0.05) is 23.5 Å². The van der Waals surface area contributed by atoms with E-state index in [2.05, 4.69) is 25.3 Å². The van der Waals surface area contributed by atoms with Gasteiger partial charge in [-0.25, -0.2) is 0 Å². The van der Waals surface area contributed by atoms with E-state index < -0.39 is 0 Å². The molecule has 1 aliphatic rings. The highest BCUT2D eigenvalue weighted by molar-refractivity contribution is 7.10. The van der Waals surface area contributed by atoms with Crippen molar-refractivity contribution >= 4 is 23.2 Å². The molecule has 202 valence electrons. The lowest BCUT2D eigenvalue weighted by Crippen LogP contribution is -2.48. The van der Waals surface area contributed by atoms with Crippen molar-refractivity contribution in [3.8, 4) is 17.2 Å². The zero-order valence-electron chi connectivity index (χ0n) is 22.5. The average molecular weight is 537 g/mol. The van der Waals surface area contributed by atoms with Crippen LogP contribution in [-0.4, -0.2) is 62.1 Å². The van der Waals surface area contributed by atoms with Crippen LogP contribution in [0.25, 0.3) is 0 Å². The Morgan fingerprint density at radius 3 is 2.61 bits per heavy atom. The van der Waals surface area contributed by atoms with E-state index in [-0.39, 0.29) is 30.3 Å². The lowest BCUT2D eigenvalue weighted by atomic mass is 10.00. The van der Waals surface area contributed by atoms with Gasteiger partial charge in [-0.1, -0.05) is 38.5 Å². The fourth-order valence-electron chi connectivity index (χ4n) is 4.70. The summed E-state index contributed by atoms with van der Waals surface area (Å²) in [6.07, 6.45) is 1.70. The predicted octanol–water partition coefficient (Wildman–Crippen LogP) is 5.46. The van der Waals surface area contributed by atoms with E-state index in [1.54, 1.807) is 54.7 Å². The molecule has 2 amide bonds. The molecule has 0 saturated carbocycles. The topological polar surface area (TPSA) is 68.3 Å². The largest absolute Gasteiger partial charge is 0.497 e. The molecular weight excluding hydrogens is 500 g/mol. The number of rotatable bonds is 11. The van der Waals surface area contributed by atoms with E-state index in [0.717, 1.165) is 18.4 Å². The molecule has 0 aliphatic carbocycles. The van der Waals surface area contributed by atoms with E-state index >= 15 is 0 Å². The minimum Gasteiger partial charge on any atom is -0.497 e. The molecule has 0 radical (unpaired) electrons. The molecule has 1 aliphatic heterocycles. The number of carbonyl (C=O) groups excluding carboxylic acids is 2. The van der Waals surface area contributed by atoms with Gasteiger partial charge in [0.05, 0.1) is 20.3 Å². The van der Waals surface area contributed by atoms with Gasteiger partial charge in [-0.3, -0.25) is 9.59 Å². The Labute approximate surface area is 228 Å². The first kappa shape index (κ1) is 27.5. The first-order valence-electron chi connectivity index (χ1n) is 13.0. The Kier molecular flexibility index (Phi) is 9.29. The number of ether oxygens (including phenoxy) is 3. The normalized spacial score (nSPS) is 15.4. The van der Waals surface area contributed by atoms with Gasteiger partial charge in [-0.05, 0) is 59.7 Å². The maximum absolute atomic E-state index is 13.8. The summed E-state index contributed by atoms with van der Waals surface area (Å²) < 4.78 is 17.0. The van der Waals surface area contributed by atoms with Crippen molar-refractivity contribution in [3.63, 3.8) is 0 Å². The summed E-state index contributed by atoms with van der Waals surface area (Å²) in [6, 6.07) is 16.4. The van der Waals surface area contributed by atoms with Crippen molar-refractivity contribution in [2.24, 2.45) is 5.92 Å². The predicted molar refractivity (Wildman–Crippen MR) is 149 cm³/mol. The molecule has 3 aromatic rings. The quantitative estimate of drug-likeness (QED) is 0.326. The van der Waals surface area contributed by atoms with E-state index in [1.807, 2.05) is 29.2 Å². The third-order valence-corrected chi connectivity index (χ3v) is 8.04. The number of nitrogens with zero attached hydrogens (tertiary/aromatic N) is 2. The first-order valence-corrected chi connectivity index (χ1v) is 13.9. The Morgan fingerprint density at radius 2 is 1.87 bits per heavy atom. The van der Waals surface area contributed by atoms with Gasteiger partial charge in [0.2, 0.25) is 5.91 Å². The Bertz CT molecular complexity index is 1240. The van der Waals surface area contributed by atoms with Crippen LogP contribution in [0.1, 0.15) is 47.1 Å². The number of carbonyl (C=O) groups is 2. The number of thiophene rings is 1. The number of benzene rings is 2. The molecule has 2 unspecified atom stereocenters. The van der Waals surface area contributed by atoms with E-state index in [4.69, 9.17) is 14.2 Å². The molecule has 8 heteroatoms. The van der Waals surface area contributed by atoms with Crippen LogP contribution in [0.3, 0.4) is 0 Å². The van der Waals surface area contributed by atoms with Crippen LogP contribution in [0.15, 0.2) is 60.0 Å². The smallest absolute Gasteiger partial charge is 0.254 e. The summed E-state index contributed by atoms with van der Waals surface area (Å²) in [6.45, 7) is 5.57. The molecule has 0 saturated heterocycles. The molecule has 4 rings (SSSR count). The fraction of sp³-hybridized carbons (Fsp3) is 0.400. The number of methoxy groups -OCH3 is 2. The average Bonchev–Trinajstić information content (AvgIpc) is 3.44. The summed E-state index contributed by atoms with van der Waals surface area (Å²) in [5.41, 5.74) is 1.62.